The lowest BCUT2D eigenvalue weighted by Crippen LogP contribution is -2.26. The van der Waals surface area contributed by atoms with E-state index >= 15 is 0 Å². The van der Waals surface area contributed by atoms with E-state index in [1.807, 2.05) is 18.2 Å². The molecule has 0 radical (unpaired) electrons. The molecule has 1 aromatic carbocycles. The lowest BCUT2D eigenvalue weighted by Gasteiger charge is -2.14. The fourth-order valence-corrected chi connectivity index (χ4v) is 11.3. The molecule has 5 nitrogen and oxygen atoms in total. The van der Waals surface area contributed by atoms with Crippen molar-refractivity contribution in [3.63, 3.8) is 0 Å². The second-order valence-corrected chi connectivity index (χ2v) is 24.2. The SMILES string of the molecule is CCCCCCCCCCCCCCCCCCCCCCCNC(=O)c1ccc(C(=O)NCCCCCCCCCCCCCCCCCCCCCCC)c(OCCCCCCCCCCCCCCCCC)c1. The highest BCUT2D eigenvalue weighted by molar-refractivity contribution is 6.00. The van der Waals surface area contributed by atoms with Gasteiger partial charge in [0.25, 0.3) is 11.8 Å². The Balaban J connectivity index is 2.30. The van der Waals surface area contributed by atoms with Gasteiger partial charge in [0.1, 0.15) is 5.75 Å². The Labute approximate surface area is 476 Å². The zero-order valence-electron chi connectivity index (χ0n) is 51.9. The van der Waals surface area contributed by atoms with Crippen LogP contribution in [0.4, 0.5) is 0 Å². The van der Waals surface area contributed by atoms with Crippen molar-refractivity contribution >= 4 is 11.8 Å². The summed E-state index contributed by atoms with van der Waals surface area (Å²) in [6, 6.07) is 5.43. The molecule has 5 heteroatoms. The third-order valence-electron chi connectivity index (χ3n) is 16.6. The first-order chi connectivity index (χ1) is 37.6. The lowest BCUT2D eigenvalue weighted by atomic mass is 10.0. The molecule has 1 rings (SSSR count). The van der Waals surface area contributed by atoms with Gasteiger partial charge in [-0.15, -0.1) is 0 Å². The van der Waals surface area contributed by atoms with E-state index in [9.17, 15) is 9.59 Å². The smallest absolute Gasteiger partial charge is 0.255 e. The maximum Gasteiger partial charge on any atom is 0.255 e. The van der Waals surface area contributed by atoms with Crippen LogP contribution in [0, 0.1) is 0 Å². The van der Waals surface area contributed by atoms with E-state index in [0.29, 0.717) is 36.6 Å². The van der Waals surface area contributed by atoms with Gasteiger partial charge in [0, 0.05) is 18.7 Å². The van der Waals surface area contributed by atoms with Crippen molar-refractivity contribution in [1.82, 2.24) is 10.6 Å². The van der Waals surface area contributed by atoms with E-state index < -0.39 is 0 Å². The summed E-state index contributed by atoms with van der Waals surface area (Å²) in [4.78, 5) is 26.8. The quantitative estimate of drug-likeness (QED) is 0.0639. The van der Waals surface area contributed by atoms with Crippen molar-refractivity contribution in [2.24, 2.45) is 0 Å². The zero-order valence-corrected chi connectivity index (χ0v) is 51.9. The molecule has 0 saturated carbocycles. The standard InChI is InChI=1S/C71H134N2O3/c1-4-7-10-13-16-19-22-25-28-30-32-34-36-38-40-43-46-49-52-55-58-63-72-70(74)67-61-62-68(69(66-67)76-65-60-57-54-51-48-45-42-27-24-21-18-15-12-9-6-3)71(75)73-64-59-56-53-50-47-44-41-39-37-35-33-31-29-26-23-20-17-14-11-8-5-2/h61-62,66H,4-60,63-65H2,1-3H3,(H,72,74)(H,73,75). The highest BCUT2D eigenvalue weighted by Gasteiger charge is 2.16. The van der Waals surface area contributed by atoms with Crippen LogP contribution in [0.1, 0.15) is 407 Å². The predicted octanol–water partition coefficient (Wildman–Crippen LogP) is 23.8. The topological polar surface area (TPSA) is 67.4 Å². The molecule has 0 spiro atoms. The number of hydrogen-bond acceptors (Lipinski definition) is 3. The van der Waals surface area contributed by atoms with Gasteiger partial charge >= 0.3 is 0 Å². The van der Waals surface area contributed by atoms with Crippen LogP contribution in [0.25, 0.3) is 0 Å². The molecule has 0 heterocycles. The number of rotatable bonds is 63. The molecule has 2 amide bonds. The Morgan fingerprint density at radius 2 is 0.513 bits per heavy atom. The molecule has 0 atom stereocenters. The Kier molecular flexibility index (Phi) is 57.4. The third kappa shape index (κ3) is 50.2. The summed E-state index contributed by atoms with van der Waals surface area (Å²) in [5.41, 5.74) is 1.13. The fraction of sp³-hybridized carbons (Fsp3) is 0.887. The van der Waals surface area contributed by atoms with E-state index in [2.05, 4.69) is 31.4 Å². The predicted molar refractivity (Wildman–Crippen MR) is 337 cm³/mol. The van der Waals surface area contributed by atoms with Gasteiger partial charge in [-0.05, 0) is 37.5 Å². The maximum absolute atomic E-state index is 13.5. The molecule has 0 aliphatic rings. The van der Waals surface area contributed by atoms with Crippen molar-refractivity contribution < 1.29 is 14.3 Å². The molecule has 1 aromatic rings. The molecule has 446 valence electrons. The highest BCUT2D eigenvalue weighted by Crippen LogP contribution is 2.23. The van der Waals surface area contributed by atoms with Crippen LogP contribution in [0.5, 0.6) is 5.75 Å². The summed E-state index contributed by atoms with van der Waals surface area (Å²) in [7, 11) is 0. The summed E-state index contributed by atoms with van der Waals surface area (Å²) in [6.07, 6.45) is 77.6. The van der Waals surface area contributed by atoms with Gasteiger partial charge in [0.15, 0.2) is 0 Å². The monoisotopic (exact) mass is 1060 g/mol. The second-order valence-electron chi connectivity index (χ2n) is 24.2. The number of benzene rings is 1. The van der Waals surface area contributed by atoms with Crippen LogP contribution < -0.4 is 15.4 Å². The molecule has 0 aliphatic carbocycles. The number of hydrogen-bond donors (Lipinski definition) is 2. The van der Waals surface area contributed by atoms with Crippen LogP contribution in [-0.4, -0.2) is 31.5 Å². The summed E-state index contributed by atoms with van der Waals surface area (Å²) in [5.74, 6) is 0.381. The van der Waals surface area contributed by atoms with Crippen LogP contribution in [0.3, 0.4) is 0 Å². The summed E-state index contributed by atoms with van der Waals surface area (Å²) in [6.45, 7) is 8.83. The van der Waals surface area contributed by atoms with Crippen molar-refractivity contribution in [2.45, 2.75) is 387 Å². The number of amides is 2. The van der Waals surface area contributed by atoms with Crippen molar-refractivity contribution in [3.8, 4) is 5.75 Å². The van der Waals surface area contributed by atoms with Crippen molar-refractivity contribution in [1.29, 1.82) is 0 Å². The van der Waals surface area contributed by atoms with E-state index in [1.54, 1.807) is 0 Å². The van der Waals surface area contributed by atoms with Gasteiger partial charge in [-0.1, -0.05) is 367 Å². The lowest BCUT2D eigenvalue weighted by molar-refractivity contribution is 0.0937. The minimum Gasteiger partial charge on any atom is -0.493 e. The average molecular weight is 1060 g/mol. The van der Waals surface area contributed by atoms with Crippen molar-refractivity contribution in [3.05, 3.63) is 29.3 Å². The zero-order chi connectivity index (χ0) is 54.6. The first kappa shape index (κ1) is 72.0. The summed E-state index contributed by atoms with van der Waals surface area (Å²) < 4.78 is 6.33. The molecule has 0 fully saturated rings. The van der Waals surface area contributed by atoms with Gasteiger partial charge in [0.05, 0.1) is 12.2 Å². The normalized spacial score (nSPS) is 11.5. The fourth-order valence-electron chi connectivity index (χ4n) is 11.3. The van der Waals surface area contributed by atoms with Gasteiger partial charge in [0.2, 0.25) is 0 Å². The summed E-state index contributed by atoms with van der Waals surface area (Å²) >= 11 is 0. The average Bonchev–Trinajstić information content (AvgIpc) is 3.43. The third-order valence-corrected chi connectivity index (χ3v) is 16.6. The van der Waals surface area contributed by atoms with Gasteiger partial charge in [-0.3, -0.25) is 9.59 Å². The molecular formula is C71H134N2O3. The molecule has 0 aromatic heterocycles. The van der Waals surface area contributed by atoms with Gasteiger partial charge in [-0.25, -0.2) is 0 Å². The molecule has 0 unspecified atom stereocenters. The molecule has 0 saturated heterocycles. The number of carbonyl (C=O) groups excluding carboxylic acids is 2. The van der Waals surface area contributed by atoms with E-state index in [4.69, 9.17) is 4.74 Å². The Morgan fingerprint density at radius 3 is 0.776 bits per heavy atom. The van der Waals surface area contributed by atoms with Gasteiger partial charge < -0.3 is 15.4 Å². The molecule has 0 aliphatic heterocycles. The number of unbranched alkanes of at least 4 members (excludes halogenated alkanes) is 54. The largest absolute Gasteiger partial charge is 0.493 e. The van der Waals surface area contributed by atoms with Gasteiger partial charge in [-0.2, -0.15) is 0 Å². The van der Waals surface area contributed by atoms with E-state index in [1.165, 1.54) is 327 Å². The number of carbonyl (C=O) groups is 2. The highest BCUT2D eigenvalue weighted by atomic mass is 16.5. The van der Waals surface area contributed by atoms with Crippen LogP contribution in [0.15, 0.2) is 18.2 Å². The molecule has 76 heavy (non-hydrogen) atoms. The minimum absolute atomic E-state index is 0.0727. The van der Waals surface area contributed by atoms with Crippen LogP contribution in [-0.2, 0) is 0 Å². The minimum atomic E-state index is -0.0915. The Bertz CT molecular complexity index is 1330. The first-order valence-electron chi connectivity index (χ1n) is 35.0. The second kappa shape index (κ2) is 60.6. The van der Waals surface area contributed by atoms with Crippen molar-refractivity contribution in [2.75, 3.05) is 19.7 Å². The molecule has 0 bridgehead atoms. The van der Waals surface area contributed by atoms with E-state index in [-0.39, 0.29) is 11.8 Å². The molecule has 2 N–H and O–H groups in total. The number of nitrogens with one attached hydrogen (secondary N) is 2. The summed E-state index contributed by atoms with van der Waals surface area (Å²) in [5, 5.41) is 6.34. The molecular weight excluding hydrogens is 929 g/mol. The number of ether oxygens (including phenoxy) is 1. The van der Waals surface area contributed by atoms with Crippen LogP contribution >= 0.6 is 0 Å². The van der Waals surface area contributed by atoms with E-state index in [0.717, 1.165) is 38.5 Å². The maximum atomic E-state index is 13.5. The van der Waals surface area contributed by atoms with Crippen LogP contribution in [0.2, 0.25) is 0 Å². The first-order valence-corrected chi connectivity index (χ1v) is 35.0. The Hall–Kier alpha value is -2.04. The Morgan fingerprint density at radius 1 is 0.289 bits per heavy atom.